The summed E-state index contributed by atoms with van der Waals surface area (Å²) in [6.45, 7) is 0. The van der Waals surface area contributed by atoms with Crippen LogP contribution in [0, 0.1) is 0 Å². The molecule has 0 unspecified atom stereocenters. The van der Waals surface area contributed by atoms with E-state index in [0.29, 0.717) is 16.2 Å². The second-order valence-electron chi connectivity index (χ2n) is 0.167. The maximum absolute atomic E-state index is 8.28. The van der Waals surface area contributed by atoms with Gasteiger partial charge in [-0.05, 0) is 0 Å². The molecule has 0 atom stereocenters. The van der Waals surface area contributed by atoms with Crippen LogP contribution in [0.2, 0.25) is 0 Å². The number of rotatable bonds is 0. The topological polar surface area (TPSA) is 17.1 Å². The summed E-state index contributed by atoms with van der Waals surface area (Å²) in [5.74, 6) is 0. The molecule has 0 aromatic rings. The van der Waals surface area contributed by atoms with Crippen LogP contribution in [0.5, 0.6) is 0 Å². The van der Waals surface area contributed by atoms with Crippen molar-refractivity contribution in [2.24, 2.45) is 0 Å². The first-order chi connectivity index (χ1) is 2.41. The van der Waals surface area contributed by atoms with Crippen molar-refractivity contribution in [2.45, 2.75) is 0 Å². The predicted molar refractivity (Wildman–Crippen MR) is 19.3 cm³/mol. The zero-order chi connectivity index (χ0) is 4.71. The summed E-state index contributed by atoms with van der Waals surface area (Å²) in [5.41, 5.74) is 0. The molecule has 0 aliphatic heterocycles. The Labute approximate surface area is 50.6 Å². The average molecular weight is 157 g/mol. The Morgan fingerprint density at radius 1 is 1.40 bits per heavy atom. The molecular formula is HAlB2OZr. The fourth-order valence-corrected chi connectivity index (χ4v) is 0. The maximum atomic E-state index is 8.28. The Morgan fingerprint density at radius 2 is 1.40 bits per heavy atom. The molecule has 0 N–H and O–H groups in total. The zero-order valence-corrected chi connectivity index (χ0v) is 6.64. The monoisotopic (exact) mass is 156 g/mol. The van der Waals surface area contributed by atoms with Crippen LogP contribution in [-0.2, 0) is 25.1 Å². The molecule has 0 aliphatic rings. The molecule has 0 bridgehead atoms. The average Bonchev–Trinajstić information content (AvgIpc) is 1.46. The van der Waals surface area contributed by atoms with Crippen molar-refractivity contribution < 1.29 is 25.1 Å². The van der Waals surface area contributed by atoms with Gasteiger partial charge in [0.2, 0.25) is 0 Å². The van der Waals surface area contributed by atoms with E-state index in [2.05, 4.69) is 0 Å². The minimum absolute atomic E-state index is 0.611. The summed E-state index contributed by atoms with van der Waals surface area (Å²) in [4.78, 5) is 0. The summed E-state index contributed by atoms with van der Waals surface area (Å²) < 4.78 is 17.9. The van der Waals surface area contributed by atoms with E-state index in [9.17, 15) is 0 Å². The third kappa shape index (κ3) is 33.0. The van der Waals surface area contributed by atoms with Crippen LogP contribution in [-0.4, -0.2) is 25.7 Å². The molecule has 0 rings (SSSR count). The second-order valence-corrected chi connectivity index (χ2v) is 0.986. The molecule has 0 spiro atoms. The molecule has 0 radical (unpaired) electrons. The van der Waals surface area contributed by atoms with Crippen LogP contribution in [0.1, 0.15) is 0 Å². The van der Waals surface area contributed by atoms with E-state index in [1.807, 2.05) is 0 Å². The molecule has 0 aromatic carbocycles. The fraction of sp³-hybridized carbons (Fsp3) is 0. The van der Waals surface area contributed by atoms with Crippen LogP contribution in [0.25, 0.3) is 0 Å². The van der Waals surface area contributed by atoms with Gasteiger partial charge in [-0.1, -0.05) is 0 Å². The summed E-state index contributed by atoms with van der Waals surface area (Å²) in [7, 11) is 0. The van der Waals surface area contributed by atoms with E-state index < -0.39 is 21.3 Å². The van der Waals surface area contributed by atoms with E-state index in [1.165, 1.54) is 0 Å². The molecule has 0 aliphatic carbocycles. The van der Waals surface area contributed by atoms with Gasteiger partial charge < -0.3 is 0 Å². The fourth-order valence-electron chi connectivity index (χ4n) is 0. The van der Waals surface area contributed by atoms with Gasteiger partial charge in [0.15, 0.2) is 0 Å². The Morgan fingerprint density at radius 3 is 1.40 bits per heavy atom. The zero-order valence-electron chi connectivity index (χ0n) is 2.77. The molecule has 0 aromatic heterocycles. The third-order valence-corrected chi connectivity index (χ3v) is 0. The molecule has 20 valence electrons. The van der Waals surface area contributed by atoms with Crippen molar-refractivity contribution >= 4 is 25.7 Å². The second kappa shape index (κ2) is 18.3. The van der Waals surface area contributed by atoms with Gasteiger partial charge >= 0.3 is 50.8 Å². The van der Waals surface area contributed by atoms with E-state index in [1.54, 1.807) is 0 Å². The predicted octanol–water partition coefficient (Wildman–Crippen LogP) is -1.53. The summed E-state index contributed by atoms with van der Waals surface area (Å²) in [6, 6.07) is 0. The van der Waals surface area contributed by atoms with Crippen LogP contribution >= 0.6 is 0 Å². The van der Waals surface area contributed by atoms with E-state index >= 15 is 0 Å². The summed E-state index contributed by atoms with van der Waals surface area (Å²) in [6.07, 6.45) is 0. The molecule has 5 heavy (non-hydrogen) atoms. The Hall–Kier alpha value is 1.35. The number of hydrogen-bond donors (Lipinski definition) is 0. The quantitative estimate of drug-likeness (QED) is 0.389. The standard InChI is InChI=1S/Al.2B.O.Zr.H. The van der Waals surface area contributed by atoms with Crippen molar-refractivity contribution in [1.82, 2.24) is 0 Å². The molecule has 0 amide bonds. The van der Waals surface area contributed by atoms with Crippen LogP contribution < -0.4 is 0 Å². The van der Waals surface area contributed by atoms with E-state index in [4.69, 9.17) is 13.3 Å². The van der Waals surface area contributed by atoms with Crippen molar-refractivity contribution in [2.75, 3.05) is 0 Å². The number of hydrogen-bond acceptors (Lipinski definition) is 1. The minimum atomic E-state index is -0.770. The molecule has 5 heteroatoms. The Balaban J connectivity index is 0. The van der Waals surface area contributed by atoms with Gasteiger partial charge in [-0.2, -0.15) is 0 Å². The molecule has 0 saturated heterocycles. The molecular weight excluding hydrogens is 156 g/mol. The van der Waals surface area contributed by atoms with Crippen molar-refractivity contribution in [1.29, 1.82) is 0 Å². The van der Waals surface area contributed by atoms with Gasteiger partial charge in [0.1, 0.15) is 0 Å². The normalized spacial score (nSPS) is 5.40. The SMILES string of the molecule is [B]#[Zr]#[B].[O]=[AlH]. The van der Waals surface area contributed by atoms with E-state index in [0.717, 1.165) is 0 Å². The van der Waals surface area contributed by atoms with E-state index in [-0.39, 0.29) is 0 Å². The van der Waals surface area contributed by atoms with Crippen molar-refractivity contribution in [3.8, 4) is 0 Å². The first-order valence-corrected chi connectivity index (χ1v) is 4.28. The Kier molecular flexibility index (Phi) is 35.2. The van der Waals surface area contributed by atoms with Gasteiger partial charge in [0.05, 0.1) is 0 Å². The van der Waals surface area contributed by atoms with Gasteiger partial charge in [0, 0.05) is 0 Å². The van der Waals surface area contributed by atoms with Gasteiger partial charge in [-0.25, -0.2) is 0 Å². The summed E-state index contributed by atoms with van der Waals surface area (Å²) in [5, 5.41) is 0. The summed E-state index contributed by atoms with van der Waals surface area (Å²) >= 11 is -0.159. The van der Waals surface area contributed by atoms with Crippen LogP contribution in [0.4, 0.5) is 0 Å². The van der Waals surface area contributed by atoms with Gasteiger partial charge in [0.25, 0.3) is 0 Å². The molecule has 0 heterocycles. The van der Waals surface area contributed by atoms with Crippen molar-refractivity contribution in [3.05, 3.63) is 0 Å². The Bertz CT molecular complexity index is 93.6. The van der Waals surface area contributed by atoms with Crippen molar-refractivity contribution in [3.63, 3.8) is 0 Å². The van der Waals surface area contributed by atoms with Crippen LogP contribution in [0.15, 0.2) is 0 Å². The molecule has 0 fully saturated rings. The first kappa shape index (κ1) is 9.60. The molecule has 0 saturated carbocycles. The third-order valence-electron chi connectivity index (χ3n) is 0. The van der Waals surface area contributed by atoms with Gasteiger partial charge in [-0.3, -0.25) is 0 Å². The van der Waals surface area contributed by atoms with Gasteiger partial charge in [-0.15, -0.1) is 0 Å². The van der Waals surface area contributed by atoms with Crippen LogP contribution in [0.3, 0.4) is 0 Å². The molecule has 1 nitrogen and oxygen atoms in total. The first-order valence-electron chi connectivity index (χ1n) is 0.866.